The Balaban J connectivity index is 1.58. The Morgan fingerprint density at radius 1 is 1.00 bits per heavy atom. The molecule has 1 N–H and O–H groups in total. The Morgan fingerprint density at radius 2 is 1.66 bits per heavy atom. The van der Waals surface area contributed by atoms with Crippen LogP contribution >= 0.6 is 0 Å². The molecule has 168 valence electrons. The maximum Gasteiger partial charge on any atom is 0.256 e. The highest BCUT2D eigenvalue weighted by atomic mass is 32.2. The second kappa shape index (κ2) is 8.10. The Bertz CT molecular complexity index is 1340. The summed E-state index contributed by atoms with van der Waals surface area (Å²) >= 11 is 0. The van der Waals surface area contributed by atoms with E-state index in [4.69, 9.17) is 0 Å². The predicted molar refractivity (Wildman–Crippen MR) is 116 cm³/mol. The number of sulfonamides is 1. The van der Waals surface area contributed by atoms with Crippen LogP contribution in [0.2, 0.25) is 0 Å². The lowest BCUT2D eigenvalue weighted by molar-refractivity contribution is 0.0699. The normalized spacial score (nSPS) is 15.3. The van der Waals surface area contributed by atoms with Gasteiger partial charge in [0, 0.05) is 32.2 Å². The summed E-state index contributed by atoms with van der Waals surface area (Å²) in [6.07, 6.45) is 0. The summed E-state index contributed by atoms with van der Waals surface area (Å²) in [6.45, 7) is 5.63. The van der Waals surface area contributed by atoms with E-state index >= 15 is 0 Å². The van der Waals surface area contributed by atoms with Crippen LogP contribution in [0.3, 0.4) is 0 Å². The van der Waals surface area contributed by atoms with Crippen molar-refractivity contribution < 1.29 is 22.7 Å². The zero-order valence-electron chi connectivity index (χ0n) is 18.0. The number of hydrogen-bond donors (Lipinski definition) is 1. The molecule has 10 heteroatoms. The fourth-order valence-electron chi connectivity index (χ4n) is 3.73. The number of carbonyl (C=O) groups excluding carboxylic acids is 1. The van der Waals surface area contributed by atoms with E-state index in [0.29, 0.717) is 28.0 Å². The Morgan fingerprint density at radius 3 is 2.34 bits per heavy atom. The Labute approximate surface area is 185 Å². The Hall–Kier alpha value is -3.11. The van der Waals surface area contributed by atoms with E-state index in [1.165, 1.54) is 27.4 Å². The number of halogens is 1. The molecule has 0 bridgehead atoms. The van der Waals surface area contributed by atoms with Gasteiger partial charge in [0.1, 0.15) is 22.0 Å². The van der Waals surface area contributed by atoms with Gasteiger partial charge in [-0.25, -0.2) is 22.8 Å². The number of phenols is 1. The standard InChI is InChI=1S/C22H23FN4O4S/c1-13-4-5-19(28)20(10-13)32(30,31)27-8-6-26(7-9-27)22(29)17-11-16(23)12-18-21(17)25-15(3)14(2)24-18/h4-5,10-12,28H,6-9H2,1-3H3. The molecule has 2 heterocycles. The highest BCUT2D eigenvalue weighted by Gasteiger charge is 2.33. The van der Waals surface area contributed by atoms with Crippen molar-refractivity contribution >= 4 is 27.0 Å². The van der Waals surface area contributed by atoms with Crippen molar-refractivity contribution in [2.75, 3.05) is 26.2 Å². The molecule has 1 aromatic heterocycles. The van der Waals surface area contributed by atoms with Crippen LogP contribution in [0.15, 0.2) is 35.2 Å². The van der Waals surface area contributed by atoms with Crippen LogP contribution in [0.5, 0.6) is 5.75 Å². The molecule has 0 spiro atoms. The largest absolute Gasteiger partial charge is 0.507 e. The first-order valence-corrected chi connectivity index (χ1v) is 11.6. The van der Waals surface area contributed by atoms with Gasteiger partial charge >= 0.3 is 0 Å². The SMILES string of the molecule is Cc1ccc(O)c(S(=O)(=O)N2CCN(C(=O)c3cc(F)cc4nc(C)c(C)nc34)CC2)c1. The first-order chi connectivity index (χ1) is 15.1. The summed E-state index contributed by atoms with van der Waals surface area (Å²) in [7, 11) is -3.92. The van der Waals surface area contributed by atoms with Crippen molar-refractivity contribution in [3.63, 3.8) is 0 Å². The molecule has 1 aliphatic heterocycles. The molecule has 8 nitrogen and oxygen atoms in total. The van der Waals surface area contributed by atoms with Crippen LogP contribution in [0.1, 0.15) is 27.3 Å². The first-order valence-electron chi connectivity index (χ1n) is 10.1. The molecule has 1 aliphatic rings. The van der Waals surface area contributed by atoms with Crippen LogP contribution in [-0.2, 0) is 10.0 Å². The number of amides is 1. The monoisotopic (exact) mass is 458 g/mol. The minimum absolute atomic E-state index is 0.0541. The summed E-state index contributed by atoms with van der Waals surface area (Å²) in [6, 6.07) is 6.78. The maximum atomic E-state index is 14.2. The van der Waals surface area contributed by atoms with Crippen molar-refractivity contribution in [2.45, 2.75) is 25.7 Å². The molecule has 1 amide bonds. The first kappa shape index (κ1) is 22.1. The molecular formula is C22H23FN4O4S. The van der Waals surface area contributed by atoms with Gasteiger partial charge in [0.2, 0.25) is 10.0 Å². The van der Waals surface area contributed by atoms with E-state index in [2.05, 4.69) is 9.97 Å². The quantitative estimate of drug-likeness (QED) is 0.647. The zero-order chi connectivity index (χ0) is 23.2. The smallest absolute Gasteiger partial charge is 0.256 e. The van der Waals surface area contributed by atoms with Crippen LogP contribution in [-0.4, -0.2) is 64.8 Å². The zero-order valence-corrected chi connectivity index (χ0v) is 18.8. The number of phenolic OH excluding ortho intramolecular Hbond substituents is 1. The van der Waals surface area contributed by atoms with E-state index in [0.717, 1.165) is 6.07 Å². The molecule has 0 unspecified atom stereocenters. The van der Waals surface area contributed by atoms with E-state index in [9.17, 15) is 22.7 Å². The number of fused-ring (bicyclic) bond motifs is 1. The topological polar surface area (TPSA) is 104 Å². The van der Waals surface area contributed by atoms with Gasteiger partial charge in [-0.05, 0) is 44.5 Å². The summed E-state index contributed by atoms with van der Waals surface area (Å²) in [5, 5.41) is 10.0. The molecule has 3 aromatic rings. The van der Waals surface area contributed by atoms with Crippen molar-refractivity contribution in [3.8, 4) is 5.75 Å². The number of aromatic nitrogens is 2. The molecular weight excluding hydrogens is 435 g/mol. The van der Waals surface area contributed by atoms with E-state index in [1.54, 1.807) is 26.8 Å². The molecule has 0 aliphatic carbocycles. The van der Waals surface area contributed by atoms with Crippen LogP contribution < -0.4 is 0 Å². The van der Waals surface area contributed by atoms with E-state index in [-0.39, 0.29) is 42.4 Å². The third-order valence-electron chi connectivity index (χ3n) is 5.64. The number of hydrogen-bond acceptors (Lipinski definition) is 6. The van der Waals surface area contributed by atoms with Crippen molar-refractivity contribution in [1.82, 2.24) is 19.2 Å². The number of nitrogens with zero attached hydrogens (tertiary/aromatic N) is 4. The molecule has 4 rings (SSSR count). The maximum absolute atomic E-state index is 14.2. The molecule has 32 heavy (non-hydrogen) atoms. The van der Waals surface area contributed by atoms with Gasteiger partial charge in [-0.2, -0.15) is 4.31 Å². The van der Waals surface area contributed by atoms with Gasteiger partial charge in [-0.1, -0.05) is 6.07 Å². The lowest BCUT2D eigenvalue weighted by Gasteiger charge is -2.34. The fourth-order valence-corrected chi connectivity index (χ4v) is 5.32. The van der Waals surface area contributed by atoms with Crippen LogP contribution in [0.4, 0.5) is 4.39 Å². The van der Waals surface area contributed by atoms with Gasteiger partial charge in [0.15, 0.2) is 0 Å². The summed E-state index contributed by atoms with van der Waals surface area (Å²) in [4.78, 5) is 23.3. The van der Waals surface area contributed by atoms with Crippen molar-refractivity contribution in [1.29, 1.82) is 0 Å². The number of aromatic hydroxyl groups is 1. The average Bonchev–Trinajstić information content (AvgIpc) is 2.75. The van der Waals surface area contributed by atoms with Crippen LogP contribution in [0, 0.1) is 26.6 Å². The predicted octanol–water partition coefficient (Wildman–Crippen LogP) is 2.55. The number of piperazine rings is 1. The molecule has 1 saturated heterocycles. The summed E-state index contributed by atoms with van der Waals surface area (Å²) in [5.74, 6) is -1.33. The fraction of sp³-hybridized carbons (Fsp3) is 0.318. The minimum Gasteiger partial charge on any atom is -0.507 e. The number of benzene rings is 2. The molecule has 0 radical (unpaired) electrons. The van der Waals surface area contributed by atoms with Gasteiger partial charge < -0.3 is 10.0 Å². The molecule has 0 atom stereocenters. The lowest BCUT2D eigenvalue weighted by atomic mass is 10.1. The van der Waals surface area contributed by atoms with Crippen molar-refractivity contribution in [2.24, 2.45) is 0 Å². The van der Waals surface area contributed by atoms with Gasteiger partial charge in [-0.3, -0.25) is 4.79 Å². The van der Waals surface area contributed by atoms with Gasteiger partial charge in [0.05, 0.1) is 22.5 Å². The number of rotatable bonds is 3. The number of aryl methyl sites for hydroxylation is 3. The Kier molecular flexibility index (Phi) is 5.59. The van der Waals surface area contributed by atoms with E-state index < -0.39 is 21.7 Å². The van der Waals surface area contributed by atoms with Crippen molar-refractivity contribution in [3.05, 3.63) is 58.7 Å². The summed E-state index contributed by atoms with van der Waals surface area (Å²) in [5.41, 5.74) is 2.72. The highest BCUT2D eigenvalue weighted by Crippen LogP contribution is 2.28. The molecule has 1 fully saturated rings. The average molecular weight is 459 g/mol. The summed E-state index contributed by atoms with van der Waals surface area (Å²) < 4.78 is 41.4. The number of carbonyl (C=O) groups is 1. The lowest BCUT2D eigenvalue weighted by Crippen LogP contribution is -2.50. The van der Waals surface area contributed by atoms with Gasteiger partial charge in [-0.15, -0.1) is 0 Å². The molecule has 2 aromatic carbocycles. The third-order valence-corrected chi connectivity index (χ3v) is 7.56. The van der Waals surface area contributed by atoms with Crippen LogP contribution in [0.25, 0.3) is 11.0 Å². The second-order valence-electron chi connectivity index (χ2n) is 7.88. The third kappa shape index (κ3) is 3.91. The minimum atomic E-state index is -3.92. The van der Waals surface area contributed by atoms with Gasteiger partial charge in [0.25, 0.3) is 5.91 Å². The molecule has 0 saturated carbocycles. The highest BCUT2D eigenvalue weighted by molar-refractivity contribution is 7.89. The van der Waals surface area contributed by atoms with E-state index in [1.807, 2.05) is 0 Å². The second-order valence-corrected chi connectivity index (χ2v) is 9.79.